The Bertz CT molecular complexity index is 850. The van der Waals surface area contributed by atoms with E-state index in [1.165, 1.54) is 0 Å². The van der Waals surface area contributed by atoms with Crippen LogP contribution in [0.1, 0.15) is 11.6 Å². The maximum Gasteiger partial charge on any atom is 0.138 e. The van der Waals surface area contributed by atoms with E-state index in [9.17, 15) is 0 Å². The number of hydrogen-bond donors (Lipinski definition) is 1. The topological polar surface area (TPSA) is 50.3 Å². The number of fused-ring (bicyclic) bond motifs is 1. The largest absolute Gasteiger partial charge is 0.379 e. The van der Waals surface area contributed by atoms with E-state index in [2.05, 4.69) is 32.3 Å². The van der Waals surface area contributed by atoms with Gasteiger partial charge in [-0.25, -0.2) is 9.97 Å². The molecule has 0 spiro atoms. The van der Waals surface area contributed by atoms with E-state index < -0.39 is 0 Å². The van der Waals surface area contributed by atoms with Crippen LogP contribution in [0.2, 0.25) is 5.02 Å². The minimum atomic E-state index is 0.168. The molecule has 1 unspecified atom stereocenters. The molecule has 130 valence electrons. The number of aromatic nitrogens is 2. The van der Waals surface area contributed by atoms with Crippen molar-refractivity contribution in [1.82, 2.24) is 14.9 Å². The Morgan fingerprint density at radius 2 is 2.04 bits per heavy atom. The van der Waals surface area contributed by atoms with Crippen molar-refractivity contribution < 1.29 is 4.74 Å². The van der Waals surface area contributed by atoms with Gasteiger partial charge in [0.05, 0.1) is 24.6 Å². The van der Waals surface area contributed by atoms with Crippen LogP contribution < -0.4 is 5.32 Å². The van der Waals surface area contributed by atoms with E-state index in [1.807, 2.05) is 23.6 Å². The molecule has 0 amide bonds. The van der Waals surface area contributed by atoms with Crippen LogP contribution in [0.5, 0.6) is 0 Å². The fraction of sp³-hybridized carbons (Fsp3) is 0.333. The fourth-order valence-corrected chi connectivity index (χ4v) is 4.19. The van der Waals surface area contributed by atoms with Crippen LogP contribution in [-0.4, -0.2) is 47.7 Å². The Morgan fingerprint density at radius 1 is 1.20 bits per heavy atom. The van der Waals surface area contributed by atoms with Gasteiger partial charge in [-0.15, -0.1) is 11.3 Å². The lowest BCUT2D eigenvalue weighted by molar-refractivity contribution is 0.0187. The zero-order chi connectivity index (χ0) is 17.1. The molecular formula is C18H19ClN4OS. The molecule has 4 rings (SSSR count). The number of rotatable bonds is 5. The Morgan fingerprint density at radius 3 is 2.88 bits per heavy atom. The first-order valence-corrected chi connectivity index (χ1v) is 9.57. The molecule has 1 aliphatic rings. The molecule has 5 nitrogen and oxygen atoms in total. The molecule has 25 heavy (non-hydrogen) atoms. The fourth-order valence-electron chi connectivity index (χ4n) is 3.19. The molecular weight excluding hydrogens is 356 g/mol. The number of benzene rings is 1. The van der Waals surface area contributed by atoms with Crippen LogP contribution in [0, 0.1) is 0 Å². The number of anilines is 1. The highest BCUT2D eigenvalue weighted by Gasteiger charge is 2.24. The summed E-state index contributed by atoms with van der Waals surface area (Å²) in [4.78, 5) is 12.1. The first-order chi connectivity index (χ1) is 12.3. The van der Waals surface area contributed by atoms with Gasteiger partial charge in [0.2, 0.25) is 0 Å². The van der Waals surface area contributed by atoms with Crippen molar-refractivity contribution in [3.05, 3.63) is 52.6 Å². The van der Waals surface area contributed by atoms with E-state index in [4.69, 9.17) is 16.3 Å². The third kappa shape index (κ3) is 3.62. The number of halogens is 1. The summed E-state index contributed by atoms with van der Waals surface area (Å²) >= 11 is 8.11. The summed E-state index contributed by atoms with van der Waals surface area (Å²) in [6.07, 6.45) is 1.61. The summed E-state index contributed by atoms with van der Waals surface area (Å²) in [7, 11) is 0. The number of ether oxygens (including phenoxy) is 1. The maximum atomic E-state index is 6.49. The van der Waals surface area contributed by atoms with Gasteiger partial charge in [0.15, 0.2) is 0 Å². The van der Waals surface area contributed by atoms with Gasteiger partial charge < -0.3 is 10.1 Å². The first-order valence-electron chi connectivity index (χ1n) is 8.31. The highest BCUT2D eigenvalue weighted by Crippen LogP contribution is 2.30. The lowest BCUT2D eigenvalue weighted by atomic mass is 10.0. The Labute approximate surface area is 155 Å². The third-order valence-electron chi connectivity index (χ3n) is 4.48. The van der Waals surface area contributed by atoms with Crippen LogP contribution in [-0.2, 0) is 4.74 Å². The van der Waals surface area contributed by atoms with E-state index in [0.29, 0.717) is 0 Å². The lowest BCUT2D eigenvalue weighted by Crippen LogP contribution is -2.41. The summed E-state index contributed by atoms with van der Waals surface area (Å²) < 4.78 is 5.51. The molecule has 1 atom stereocenters. The first kappa shape index (κ1) is 16.7. The van der Waals surface area contributed by atoms with E-state index in [0.717, 1.165) is 59.5 Å². The summed E-state index contributed by atoms with van der Waals surface area (Å²) in [6, 6.07) is 10.3. The number of nitrogens with zero attached hydrogens (tertiary/aromatic N) is 3. The molecule has 2 aromatic heterocycles. The van der Waals surface area contributed by atoms with Crippen LogP contribution >= 0.6 is 22.9 Å². The van der Waals surface area contributed by atoms with Gasteiger partial charge in [0.1, 0.15) is 17.0 Å². The predicted molar refractivity (Wildman–Crippen MR) is 102 cm³/mol. The molecule has 1 fully saturated rings. The molecule has 1 aliphatic heterocycles. The number of hydrogen-bond acceptors (Lipinski definition) is 6. The highest BCUT2D eigenvalue weighted by atomic mass is 35.5. The van der Waals surface area contributed by atoms with Crippen molar-refractivity contribution in [2.45, 2.75) is 6.04 Å². The summed E-state index contributed by atoms with van der Waals surface area (Å²) in [5, 5.41) is 7.41. The van der Waals surface area contributed by atoms with Crippen molar-refractivity contribution in [2.24, 2.45) is 0 Å². The molecule has 0 aliphatic carbocycles. The van der Waals surface area contributed by atoms with Gasteiger partial charge >= 0.3 is 0 Å². The number of thiophene rings is 1. The zero-order valence-corrected chi connectivity index (χ0v) is 15.3. The van der Waals surface area contributed by atoms with Crippen molar-refractivity contribution in [2.75, 3.05) is 38.2 Å². The average Bonchev–Trinajstić information content (AvgIpc) is 3.14. The summed E-state index contributed by atoms with van der Waals surface area (Å²) in [5.41, 5.74) is 1.13. The SMILES string of the molecule is Clc1ccccc1C(CNc1ncnc2sccc12)N1CCOCC1. The molecule has 1 aromatic carbocycles. The number of nitrogens with one attached hydrogen (secondary N) is 1. The van der Waals surface area contributed by atoms with Crippen molar-refractivity contribution in [3.8, 4) is 0 Å². The van der Waals surface area contributed by atoms with Gasteiger partial charge in [-0.3, -0.25) is 4.90 Å². The van der Waals surface area contributed by atoms with Gasteiger partial charge in [-0.1, -0.05) is 29.8 Å². The third-order valence-corrected chi connectivity index (χ3v) is 5.64. The second kappa shape index (κ2) is 7.66. The highest BCUT2D eigenvalue weighted by molar-refractivity contribution is 7.16. The second-order valence-corrected chi connectivity index (χ2v) is 7.23. The Kier molecular flexibility index (Phi) is 5.12. The molecule has 3 heterocycles. The minimum Gasteiger partial charge on any atom is -0.379 e. The molecule has 0 bridgehead atoms. The van der Waals surface area contributed by atoms with Crippen molar-refractivity contribution in [1.29, 1.82) is 0 Å². The van der Waals surface area contributed by atoms with Gasteiger partial charge in [-0.2, -0.15) is 0 Å². The van der Waals surface area contributed by atoms with Crippen LogP contribution in [0.3, 0.4) is 0 Å². The van der Waals surface area contributed by atoms with Crippen molar-refractivity contribution in [3.63, 3.8) is 0 Å². The van der Waals surface area contributed by atoms with E-state index in [1.54, 1.807) is 17.7 Å². The van der Waals surface area contributed by atoms with Gasteiger partial charge in [-0.05, 0) is 23.1 Å². The van der Waals surface area contributed by atoms with Crippen LogP contribution in [0.15, 0.2) is 42.0 Å². The van der Waals surface area contributed by atoms with E-state index in [-0.39, 0.29) is 6.04 Å². The molecule has 1 N–H and O–H groups in total. The zero-order valence-electron chi connectivity index (χ0n) is 13.7. The number of morpholine rings is 1. The minimum absolute atomic E-state index is 0.168. The predicted octanol–water partition coefficient (Wildman–Crippen LogP) is 3.83. The Hall–Kier alpha value is -1.73. The molecule has 3 aromatic rings. The van der Waals surface area contributed by atoms with Crippen LogP contribution in [0.25, 0.3) is 10.2 Å². The van der Waals surface area contributed by atoms with Crippen LogP contribution in [0.4, 0.5) is 5.82 Å². The van der Waals surface area contributed by atoms with Gasteiger partial charge in [0, 0.05) is 24.7 Å². The Balaban J connectivity index is 1.60. The average molecular weight is 375 g/mol. The maximum absolute atomic E-state index is 6.49. The second-order valence-electron chi connectivity index (χ2n) is 5.93. The quantitative estimate of drug-likeness (QED) is 0.735. The monoisotopic (exact) mass is 374 g/mol. The molecule has 1 saturated heterocycles. The van der Waals surface area contributed by atoms with Crippen molar-refractivity contribution >= 4 is 39.0 Å². The normalized spacial score (nSPS) is 16.8. The van der Waals surface area contributed by atoms with Gasteiger partial charge in [0.25, 0.3) is 0 Å². The summed E-state index contributed by atoms with van der Waals surface area (Å²) in [6.45, 7) is 4.03. The standard InChI is InChI=1S/C18H19ClN4OS/c19-15-4-2-1-3-13(15)16(23-6-8-24-9-7-23)11-20-17-14-5-10-25-18(14)22-12-21-17/h1-5,10,12,16H,6-9,11H2,(H,20,21,22). The molecule has 7 heteroatoms. The summed E-state index contributed by atoms with van der Waals surface area (Å²) in [5.74, 6) is 0.872. The molecule has 0 radical (unpaired) electrons. The lowest BCUT2D eigenvalue weighted by Gasteiger charge is -2.35. The smallest absolute Gasteiger partial charge is 0.138 e. The van der Waals surface area contributed by atoms with E-state index >= 15 is 0 Å². The molecule has 0 saturated carbocycles.